The van der Waals surface area contributed by atoms with Gasteiger partial charge in [-0.15, -0.1) is 0 Å². The molecule has 0 aliphatic rings. The molecule has 5 heteroatoms. The number of anilines is 1. The third-order valence-electron chi connectivity index (χ3n) is 2.66. The highest BCUT2D eigenvalue weighted by atomic mass is 19.1. The first-order valence-electron chi connectivity index (χ1n) is 5.46. The smallest absolute Gasteiger partial charge is 0.198 e. The Hall–Kier alpha value is -2.43. The molecule has 0 aromatic heterocycles. The molecule has 0 spiro atoms. The van der Waals surface area contributed by atoms with Crippen LogP contribution in [0.15, 0.2) is 36.4 Å². The highest BCUT2D eigenvalue weighted by Gasteiger charge is 2.18. The molecule has 0 unspecified atom stereocenters. The van der Waals surface area contributed by atoms with Crippen LogP contribution in [-0.4, -0.2) is 12.9 Å². The maximum atomic E-state index is 13.7. The van der Waals surface area contributed by atoms with Crippen LogP contribution in [-0.2, 0) is 0 Å². The number of carbonyl (C=O) groups is 1. The number of ketones is 1. The molecule has 3 nitrogen and oxygen atoms in total. The summed E-state index contributed by atoms with van der Waals surface area (Å²) in [7, 11) is 1.38. The highest BCUT2D eigenvalue weighted by Crippen LogP contribution is 2.21. The molecule has 2 N–H and O–H groups in total. The molecule has 0 aliphatic carbocycles. The van der Waals surface area contributed by atoms with E-state index in [2.05, 4.69) is 0 Å². The second-order valence-electron chi connectivity index (χ2n) is 3.91. The minimum Gasteiger partial charge on any atom is -0.497 e. The molecule has 0 amide bonds. The molecule has 0 fully saturated rings. The lowest BCUT2D eigenvalue weighted by Gasteiger charge is -2.06. The molecule has 0 saturated heterocycles. The van der Waals surface area contributed by atoms with Gasteiger partial charge in [0.2, 0.25) is 0 Å². The molecule has 0 bridgehead atoms. The van der Waals surface area contributed by atoms with Crippen LogP contribution in [0.5, 0.6) is 5.75 Å². The predicted molar refractivity (Wildman–Crippen MR) is 67.2 cm³/mol. The number of halogens is 2. The van der Waals surface area contributed by atoms with Gasteiger partial charge in [0.25, 0.3) is 0 Å². The number of hydrogen-bond acceptors (Lipinski definition) is 3. The second-order valence-corrected chi connectivity index (χ2v) is 3.91. The third-order valence-corrected chi connectivity index (χ3v) is 2.66. The van der Waals surface area contributed by atoms with E-state index in [9.17, 15) is 13.6 Å². The number of methoxy groups -OCH3 is 1. The minimum absolute atomic E-state index is 0.198. The normalized spacial score (nSPS) is 10.3. The summed E-state index contributed by atoms with van der Waals surface area (Å²) < 4.78 is 32.2. The summed E-state index contributed by atoms with van der Waals surface area (Å²) in [5.74, 6) is -2.00. The maximum Gasteiger partial charge on any atom is 0.198 e. The van der Waals surface area contributed by atoms with Crippen molar-refractivity contribution in [1.29, 1.82) is 0 Å². The summed E-state index contributed by atoms with van der Waals surface area (Å²) in [6.45, 7) is 0. The summed E-state index contributed by atoms with van der Waals surface area (Å²) >= 11 is 0. The summed E-state index contributed by atoms with van der Waals surface area (Å²) in [5, 5.41) is 0. The van der Waals surface area contributed by atoms with E-state index in [4.69, 9.17) is 10.5 Å². The fourth-order valence-electron chi connectivity index (χ4n) is 1.67. The number of benzene rings is 2. The van der Waals surface area contributed by atoms with E-state index in [0.29, 0.717) is 0 Å². The van der Waals surface area contributed by atoms with Gasteiger partial charge in [0, 0.05) is 11.8 Å². The van der Waals surface area contributed by atoms with Gasteiger partial charge in [0.05, 0.1) is 18.2 Å². The largest absolute Gasteiger partial charge is 0.497 e. The average Bonchev–Trinajstić information content (AvgIpc) is 2.37. The first kappa shape index (κ1) is 13.0. The lowest BCUT2D eigenvalue weighted by molar-refractivity contribution is 0.103. The van der Waals surface area contributed by atoms with E-state index in [-0.39, 0.29) is 22.6 Å². The van der Waals surface area contributed by atoms with Crippen LogP contribution in [0, 0.1) is 11.6 Å². The highest BCUT2D eigenvalue weighted by molar-refractivity contribution is 6.09. The Morgan fingerprint density at radius 2 is 1.63 bits per heavy atom. The van der Waals surface area contributed by atoms with Crippen molar-refractivity contribution in [2.45, 2.75) is 0 Å². The molecule has 2 aromatic rings. The van der Waals surface area contributed by atoms with E-state index < -0.39 is 17.4 Å². The number of hydrogen-bond donors (Lipinski definition) is 1. The molecule has 2 rings (SSSR count). The number of ether oxygens (including phenoxy) is 1. The van der Waals surface area contributed by atoms with Gasteiger partial charge in [0.15, 0.2) is 5.78 Å². The Kier molecular flexibility index (Phi) is 3.46. The zero-order valence-corrected chi connectivity index (χ0v) is 10.1. The molecule has 2 aromatic carbocycles. The average molecular weight is 263 g/mol. The Morgan fingerprint density at radius 1 is 1.05 bits per heavy atom. The zero-order valence-electron chi connectivity index (χ0n) is 10.1. The lowest BCUT2D eigenvalue weighted by Crippen LogP contribution is -2.07. The van der Waals surface area contributed by atoms with Crippen molar-refractivity contribution in [2.24, 2.45) is 0 Å². The van der Waals surface area contributed by atoms with Gasteiger partial charge in [-0.05, 0) is 30.3 Å². The van der Waals surface area contributed by atoms with E-state index in [1.165, 1.54) is 31.4 Å². The van der Waals surface area contributed by atoms with Crippen molar-refractivity contribution in [2.75, 3.05) is 12.8 Å². The zero-order chi connectivity index (χ0) is 14.0. The van der Waals surface area contributed by atoms with Gasteiger partial charge in [-0.25, -0.2) is 8.78 Å². The molecule has 0 aliphatic heterocycles. The molecule has 0 atom stereocenters. The first-order valence-corrected chi connectivity index (χ1v) is 5.46. The SMILES string of the molecule is COc1ccc(C(=O)c2ccc(N)cc2F)c(F)c1. The summed E-state index contributed by atoms with van der Waals surface area (Å²) in [5.41, 5.74) is 5.15. The molecular weight excluding hydrogens is 252 g/mol. The third kappa shape index (κ3) is 2.54. The number of rotatable bonds is 3. The molecular formula is C14H11F2NO2. The lowest BCUT2D eigenvalue weighted by atomic mass is 10.0. The molecule has 0 heterocycles. The van der Waals surface area contributed by atoms with Gasteiger partial charge < -0.3 is 10.5 Å². The minimum atomic E-state index is -0.778. The van der Waals surface area contributed by atoms with Crippen molar-refractivity contribution < 1.29 is 18.3 Å². The first-order chi connectivity index (χ1) is 9.02. The maximum absolute atomic E-state index is 13.7. The predicted octanol–water partition coefficient (Wildman–Crippen LogP) is 2.79. The molecule has 19 heavy (non-hydrogen) atoms. The Bertz CT molecular complexity index is 641. The van der Waals surface area contributed by atoms with E-state index in [0.717, 1.165) is 12.1 Å². The van der Waals surface area contributed by atoms with Crippen LogP contribution in [0.1, 0.15) is 15.9 Å². The van der Waals surface area contributed by atoms with Crippen molar-refractivity contribution in [3.05, 3.63) is 59.2 Å². The van der Waals surface area contributed by atoms with Crippen molar-refractivity contribution in [3.63, 3.8) is 0 Å². The van der Waals surface area contributed by atoms with Gasteiger partial charge in [0.1, 0.15) is 17.4 Å². The van der Waals surface area contributed by atoms with Gasteiger partial charge >= 0.3 is 0 Å². The fourth-order valence-corrected chi connectivity index (χ4v) is 1.67. The topological polar surface area (TPSA) is 52.3 Å². The van der Waals surface area contributed by atoms with Crippen LogP contribution < -0.4 is 10.5 Å². The Morgan fingerprint density at radius 3 is 2.16 bits per heavy atom. The number of carbonyl (C=O) groups excluding carboxylic acids is 1. The van der Waals surface area contributed by atoms with E-state index in [1.807, 2.05) is 0 Å². The van der Waals surface area contributed by atoms with Crippen LogP contribution in [0.3, 0.4) is 0 Å². The van der Waals surface area contributed by atoms with Crippen LogP contribution >= 0.6 is 0 Å². The van der Waals surface area contributed by atoms with E-state index in [1.54, 1.807) is 0 Å². The molecule has 0 saturated carbocycles. The van der Waals surface area contributed by atoms with Gasteiger partial charge in [-0.1, -0.05) is 0 Å². The Labute approximate surface area is 108 Å². The van der Waals surface area contributed by atoms with Crippen molar-refractivity contribution in [1.82, 2.24) is 0 Å². The van der Waals surface area contributed by atoms with Crippen LogP contribution in [0.4, 0.5) is 14.5 Å². The summed E-state index contributed by atoms with van der Waals surface area (Å²) in [6.07, 6.45) is 0. The van der Waals surface area contributed by atoms with Crippen molar-refractivity contribution in [3.8, 4) is 5.75 Å². The van der Waals surface area contributed by atoms with Gasteiger partial charge in [-0.2, -0.15) is 0 Å². The number of nitrogens with two attached hydrogens (primary N) is 1. The quantitative estimate of drug-likeness (QED) is 0.684. The second kappa shape index (κ2) is 5.06. The Balaban J connectivity index is 2.44. The molecule has 0 radical (unpaired) electrons. The summed E-state index contributed by atoms with van der Waals surface area (Å²) in [6, 6.07) is 7.41. The molecule has 98 valence electrons. The fraction of sp³-hybridized carbons (Fsp3) is 0.0714. The van der Waals surface area contributed by atoms with Crippen molar-refractivity contribution >= 4 is 11.5 Å². The van der Waals surface area contributed by atoms with Crippen LogP contribution in [0.25, 0.3) is 0 Å². The monoisotopic (exact) mass is 263 g/mol. The van der Waals surface area contributed by atoms with Gasteiger partial charge in [-0.3, -0.25) is 4.79 Å². The number of nitrogen functional groups attached to an aromatic ring is 1. The van der Waals surface area contributed by atoms with Crippen LogP contribution in [0.2, 0.25) is 0 Å². The van der Waals surface area contributed by atoms with E-state index >= 15 is 0 Å². The summed E-state index contributed by atoms with van der Waals surface area (Å²) in [4.78, 5) is 12.0. The standard InChI is InChI=1S/C14H11F2NO2/c1-19-9-3-5-11(13(16)7-9)14(18)10-4-2-8(17)6-12(10)15/h2-7H,17H2,1H3.